The number of carbonyl (C=O) groups is 1. The summed E-state index contributed by atoms with van der Waals surface area (Å²) in [5, 5.41) is 10.6. The average molecular weight is 385 g/mol. The molecule has 0 radical (unpaired) electrons. The van der Waals surface area contributed by atoms with Crippen LogP contribution >= 0.6 is 11.6 Å². The molecule has 0 spiro atoms. The van der Waals surface area contributed by atoms with Crippen molar-refractivity contribution < 1.29 is 4.79 Å². The second kappa shape index (κ2) is 6.55. The molecule has 0 bridgehead atoms. The number of benzene rings is 3. The van der Waals surface area contributed by atoms with Crippen LogP contribution in [0.5, 0.6) is 0 Å². The Morgan fingerprint density at radius 3 is 2.57 bits per heavy atom. The smallest absolute Gasteiger partial charge is 0.295 e. The van der Waals surface area contributed by atoms with Crippen LogP contribution in [0.25, 0.3) is 33.2 Å². The number of nitrogens with one attached hydrogen (secondary N) is 1. The van der Waals surface area contributed by atoms with E-state index in [1.165, 1.54) is 0 Å². The fourth-order valence-electron chi connectivity index (χ4n) is 3.32. The first-order valence-corrected chi connectivity index (χ1v) is 9.09. The van der Waals surface area contributed by atoms with Crippen molar-refractivity contribution in [1.29, 1.82) is 0 Å². The summed E-state index contributed by atoms with van der Waals surface area (Å²) in [6.07, 6.45) is 0. The topological polar surface area (TPSA) is 70.5 Å². The molecule has 5 nitrogen and oxygen atoms in total. The van der Waals surface area contributed by atoms with Crippen molar-refractivity contribution in [3.8, 4) is 11.4 Å². The van der Waals surface area contributed by atoms with Crippen LogP contribution in [0, 0.1) is 0 Å². The highest BCUT2D eigenvalue weighted by Crippen LogP contribution is 2.43. The number of fused-ring (bicyclic) bond motifs is 4. The molecule has 3 aromatic rings. The molecule has 0 fully saturated rings. The van der Waals surface area contributed by atoms with E-state index in [1.54, 1.807) is 24.3 Å². The fraction of sp³-hybridized carbons (Fsp3) is 0. The van der Waals surface area contributed by atoms with Crippen LogP contribution in [0.4, 0.5) is 5.69 Å². The molecule has 0 atom stereocenters. The predicted molar refractivity (Wildman–Crippen MR) is 111 cm³/mol. The molecule has 0 saturated carbocycles. The largest absolute Gasteiger partial charge is 0.350 e. The molecule has 1 amide bonds. The first-order valence-electron chi connectivity index (χ1n) is 8.71. The van der Waals surface area contributed by atoms with E-state index in [4.69, 9.17) is 16.6 Å². The van der Waals surface area contributed by atoms with Gasteiger partial charge < -0.3 is 4.98 Å². The third-order valence-corrected chi connectivity index (χ3v) is 4.85. The summed E-state index contributed by atoms with van der Waals surface area (Å²) < 4.78 is 0. The number of hydrogen-bond donors (Lipinski definition) is 1. The van der Waals surface area contributed by atoms with Crippen LogP contribution in [0.15, 0.2) is 83.0 Å². The highest BCUT2D eigenvalue weighted by molar-refractivity contribution is 6.31. The maximum absolute atomic E-state index is 12.4. The van der Waals surface area contributed by atoms with Crippen molar-refractivity contribution in [1.82, 2.24) is 9.97 Å². The van der Waals surface area contributed by atoms with Crippen LogP contribution in [-0.4, -0.2) is 15.9 Å². The third kappa shape index (κ3) is 2.73. The van der Waals surface area contributed by atoms with Crippen LogP contribution in [-0.2, 0) is 0 Å². The molecule has 0 unspecified atom stereocenters. The number of H-pyrrole nitrogens is 1. The van der Waals surface area contributed by atoms with Crippen LogP contribution in [0.3, 0.4) is 0 Å². The lowest BCUT2D eigenvalue weighted by molar-refractivity contribution is 0.0995. The molecule has 1 N–H and O–H groups in total. The maximum Gasteiger partial charge on any atom is 0.295 e. The van der Waals surface area contributed by atoms with Crippen molar-refractivity contribution in [3.05, 3.63) is 83.4 Å². The van der Waals surface area contributed by atoms with Crippen molar-refractivity contribution in [2.75, 3.05) is 0 Å². The lowest BCUT2D eigenvalue weighted by atomic mass is 10.2. The molecule has 5 rings (SSSR count). The van der Waals surface area contributed by atoms with E-state index >= 15 is 0 Å². The van der Waals surface area contributed by atoms with E-state index in [1.807, 2.05) is 48.5 Å². The summed E-state index contributed by atoms with van der Waals surface area (Å²) >= 11 is 5.96. The Morgan fingerprint density at radius 2 is 1.71 bits per heavy atom. The normalized spacial score (nSPS) is 11.8. The Bertz CT molecular complexity index is 1360. The SMILES string of the molecule is O=C(N=Nc1c2[nH]c3ccccc3nc-2c2ccccc12)c1cccc(Cl)c1. The Morgan fingerprint density at radius 1 is 0.929 bits per heavy atom. The minimum atomic E-state index is -0.449. The summed E-state index contributed by atoms with van der Waals surface area (Å²) in [5.41, 5.74) is 4.30. The van der Waals surface area contributed by atoms with Gasteiger partial charge in [-0.2, -0.15) is 0 Å². The van der Waals surface area contributed by atoms with Gasteiger partial charge in [0.05, 0.1) is 22.4 Å². The molecule has 3 aromatic carbocycles. The van der Waals surface area contributed by atoms with Gasteiger partial charge in [-0.3, -0.25) is 4.79 Å². The molecular formula is C22H13ClN4O. The standard InChI is InChI=1S/C22H13ClN4O/c23-14-7-5-6-13(12-14)22(28)27-26-20-16-9-2-1-8-15(16)19-21(20)25-18-11-4-3-10-17(18)24-19/h1-12,25H. The molecule has 0 saturated heterocycles. The molecule has 134 valence electrons. The van der Waals surface area contributed by atoms with Gasteiger partial charge in [-0.15, -0.1) is 10.2 Å². The van der Waals surface area contributed by atoms with Crippen LogP contribution in [0.1, 0.15) is 10.4 Å². The number of nitrogens with zero attached hydrogens (tertiary/aromatic N) is 3. The van der Waals surface area contributed by atoms with Crippen molar-refractivity contribution >= 4 is 45.0 Å². The summed E-state index contributed by atoms with van der Waals surface area (Å²) in [7, 11) is 0. The Labute approximate surface area is 165 Å². The average Bonchev–Trinajstić information content (AvgIpc) is 3.03. The van der Waals surface area contributed by atoms with E-state index < -0.39 is 5.91 Å². The van der Waals surface area contributed by atoms with E-state index in [-0.39, 0.29) is 0 Å². The van der Waals surface area contributed by atoms with Crippen molar-refractivity contribution in [2.45, 2.75) is 0 Å². The number of hydrogen-bond acceptors (Lipinski definition) is 3. The number of azo groups is 1. The molecule has 2 aliphatic rings. The summed E-state index contributed by atoms with van der Waals surface area (Å²) in [5.74, 6) is -0.449. The molecular weight excluding hydrogens is 372 g/mol. The number of aromatic amines is 1. The third-order valence-electron chi connectivity index (χ3n) is 4.62. The number of rotatable bonds is 2. The zero-order valence-corrected chi connectivity index (χ0v) is 15.3. The fourth-order valence-corrected chi connectivity index (χ4v) is 3.51. The van der Waals surface area contributed by atoms with Gasteiger partial charge in [-0.1, -0.05) is 54.1 Å². The highest BCUT2D eigenvalue weighted by Gasteiger charge is 2.20. The molecule has 28 heavy (non-hydrogen) atoms. The highest BCUT2D eigenvalue weighted by atomic mass is 35.5. The molecule has 1 aliphatic heterocycles. The molecule has 1 heterocycles. The van der Waals surface area contributed by atoms with Gasteiger partial charge in [0.2, 0.25) is 0 Å². The van der Waals surface area contributed by atoms with Crippen LogP contribution < -0.4 is 0 Å². The molecule has 1 aliphatic carbocycles. The number of aromatic nitrogens is 2. The van der Waals surface area contributed by atoms with E-state index in [2.05, 4.69) is 15.2 Å². The van der Waals surface area contributed by atoms with Gasteiger partial charge in [0, 0.05) is 21.4 Å². The Hall–Kier alpha value is -3.57. The van der Waals surface area contributed by atoms with Gasteiger partial charge in [-0.25, -0.2) is 4.98 Å². The predicted octanol–water partition coefficient (Wildman–Crippen LogP) is 6.40. The van der Waals surface area contributed by atoms with Gasteiger partial charge in [0.15, 0.2) is 0 Å². The number of para-hydroxylation sites is 2. The second-order valence-corrected chi connectivity index (χ2v) is 6.82. The minimum Gasteiger partial charge on any atom is -0.350 e. The van der Waals surface area contributed by atoms with E-state index in [0.29, 0.717) is 16.3 Å². The molecule has 0 aromatic heterocycles. The minimum absolute atomic E-state index is 0.393. The number of carbonyl (C=O) groups excluding carboxylic acids is 1. The van der Waals surface area contributed by atoms with Crippen molar-refractivity contribution in [3.63, 3.8) is 0 Å². The monoisotopic (exact) mass is 384 g/mol. The van der Waals surface area contributed by atoms with Gasteiger partial charge in [-0.05, 0) is 30.3 Å². The van der Waals surface area contributed by atoms with E-state index in [9.17, 15) is 4.79 Å². The zero-order valence-electron chi connectivity index (χ0n) is 14.6. The zero-order chi connectivity index (χ0) is 19.1. The Balaban J connectivity index is 1.69. The summed E-state index contributed by atoms with van der Waals surface area (Å²) in [6, 6.07) is 22.3. The molecule has 6 heteroatoms. The van der Waals surface area contributed by atoms with Gasteiger partial charge in [0.25, 0.3) is 5.91 Å². The lowest BCUT2D eigenvalue weighted by Gasteiger charge is -2.04. The van der Waals surface area contributed by atoms with Gasteiger partial charge >= 0.3 is 0 Å². The van der Waals surface area contributed by atoms with Crippen molar-refractivity contribution in [2.24, 2.45) is 10.2 Å². The Kier molecular flexibility index (Phi) is 3.88. The first kappa shape index (κ1) is 16.6. The number of halogens is 1. The lowest BCUT2D eigenvalue weighted by Crippen LogP contribution is -1.93. The second-order valence-electron chi connectivity index (χ2n) is 6.39. The first-order chi connectivity index (χ1) is 13.7. The maximum atomic E-state index is 12.4. The summed E-state index contributed by atoms with van der Waals surface area (Å²) in [4.78, 5) is 20.6. The van der Waals surface area contributed by atoms with Gasteiger partial charge in [0.1, 0.15) is 5.69 Å². The van der Waals surface area contributed by atoms with Crippen LogP contribution in [0.2, 0.25) is 5.02 Å². The number of amides is 1. The quantitative estimate of drug-likeness (QED) is 0.358. The summed E-state index contributed by atoms with van der Waals surface area (Å²) in [6.45, 7) is 0. The van der Waals surface area contributed by atoms with E-state index in [0.717, 1.165) is 33.2 Å².